The number of rotatable bonds is 6. The number of hydrogen-bond acceptors (Lipinski definition) is 9. The number of β-lactam (4-membered cyclic amide) rings is 1. The molecule has 2 aliphatic rings. The number of terminal acetylenes is 1. The van der Waals surface area contributed by atoms with Crippen molar-refractivity contribution in [1.29, 1.82) is 0 Å². The van der Waals surface area contributed by atoms with Gasteiger partial charge in [-0.15, -0.1) is 29.5 Å². The van der Waals surface area contributed by atoms with Crippen molar-refractivity contribution in [3.63, 3.8) is 0 Å². The molecule has 4 N–H and O–H groups in total. The summed E-state index contributed by atoms with van der Waals surface area (Å²) in [5.74, 6) is -0.229. The van der Waals surface area contributed by atoms with Gasteiger partial charge < -0.3 is 21.0 Å². The number of hydrogen-bond donors (Lipinski definition) is 3. The summed E-state index contributed by atoms with van der Waals surface area (Å²) in [5, 5.41) is 16.7. The Hall–Kier alpha value is -2.75. The monoisotopic (exact) mass is 441 g/mol. The minimum Gasteiger partial charge on any atom is -0.477 e. The van der Waals surface area contributed by atoms with Gasteiger partial charge in [-0.05, 0) is 0 Å². The molecule has 1 aromatic rings. The van der Waals surface area contributed by atoms with Gasteiger partial charge in [0.05, 0.1) is 5.03 Å². The third kappa shape index (κ3) is 3.64. The number of halogens is 1. The molecule has 0 spiro atoms. The molecule has 1 aromatic heterocycles. The maximum absolute atomic E-state index is 12.7. The highest BCUT2D eigenvalue weighted by Gasteiger charge is 2.54. The van der Waals surface area contributed by atoms with Crippen molar-refractivity contribution in [3.05, 3.63) is 21.8 Å². The van der Waals surface area contributed by atoms with Crippen LogP contribution in [0.15, 0.2) is 21.3 Å². The van der Waals surface area contributed by atoms with Crippen LogP contribution in [0.2, 0.25) is 0 Å². The number of carboxylic acids is 1. The number of nitrogens with zero attached hydrogens (tertiary/aromatic N) is 3. The van der Waals surface area contributed by atoms with Crippen molar-refractivity contribution in [2.75, 3.05) is 18.1 Å². The van der Waals surface area contributed by atoms with E-state index in [1.54, 1.807) is 0 Å². The predicted octanol–water partition coefficient (Wildman–Crippen LogP) is 0.0141. The van der Waals surface area contributed by atoms with Crippen molar-refractivity contribution >= 4 is 63.3 Å². The fourth-order valence-electron chi connectivity index (χ4n) is 2.53. The van der Waals surface area contributed by atoms with E-state index in [-0.39, 0.29) is 39.6 Å². The molecule has 2 atom stereocenters. The van der Waals surface area contributed by atoms with E-state index in [2.05, 4.69) is 21.4 Å². The van der Waals surface area contributed by atoms with Gasteiger partial charge in [-0.3, -0.25) is 14.5 Å². The Morgan fingerprint density at radius 1 is 1.61 bits per heavy atom. The van der Waals surface area contributed by atoms with Crippen LogP contribution in [-0.2, 0) is 19.2 Å². The Labute approximate surface area is 171 Å². The number of aliphatic carboxylic acids is 1. The zero-order chi connectivity index (χ0) is 20.4. The van der Waals surface area contributed by atoms with E-state index in [9.17, 15) is 19.5 Å². The zero-order valence-electron chi connectivity index (χ0n) is 13.9. The summed E-state index contributed by atoms with van der Waals surface area (Å²) in [4.78, 5) is 46.4. The van der Waals surface area contributed by atoms with E-state index < -0.39 is 29.2 Å². The molecule has 0 saturated carbocycles. The third-order valence-corrected chi connectivity index (χ3v) is 6.12. The van der Waals surface area contributed by atoms with Crippen molar-refractivity contribution in [2.45, 2.75) is 11.4 Å². The van der Waals surface area contributed by atoms with Gasteiger partial charge in [0.1, 0.15) is 22.8 Å². The number of thiazole rings is 1. The van der Waals surface area contributed by atoms with Gasteiger partial charge in [-0.25, -0.2) is 9.78 Å². The average molecular weight is 442 g/mol. The van der Waals surface area contributed by atoms with Crippen LogP contribution in [0, 0.1) is 12.3 Å². The summed E-state index contributed by atoms with van der Waals surface area (Å²) in [5.41, 5.74) is 5.26. The van der Waals surface area contributed by atoms with Crippen LogP contribution in [0.1, 0.15) is 5.69 Å². The smallest absolute Gasteiger partial charge is 0.353 e. The fourth-order valence-corrected chi connectivity index (χ4v) is 4.62. The number of thioether (sulfide) groups is 1. The molecule has 28 heavy (non-hydrogen) atoms. The summed E-state index contributed by atoms with van der Waals surface area (Å²) in [7, 11) is 0. The molecule has 3 heterocycles. The maximum Gasteiger partial charge on any atom is 0.353 e. The van der Waals surface area contributed by atoms with Gasteiger partial charge in [-0.2, -0.15) is 0 Å². The van der Waals surface area contributed by atoms with E-state index >= 15 is 0 Å². The minimum atomic E-state index is -1.31. The number of nitrogens with one attached hydrogen (secondary N) is 1. The lowest BCUT2D eigenvalue weighted by atomic mass is 10.0. The molecule has 3 rings (SSSR count). The van der Waals surface area contributed by atoms with Gasteiger partial charge >= 0.3 is 5.97 Å². The average Bonchev–Trinajstić information content (AvgIpc) is 3.08. The number of nitrogens with two attached hydrogens (primary N) is 1. The second-order valence-corrected chi connectivity index (χ2v) is 7.86. The first-order chi connectivity index (χ1) is 13.3. The van der Waals surface area contributed by atoms with E-state index in [0.717, 1.165) is 16.2 Å². The molecule has 2 aliphatic heterocycles. The highest BCUT2D eigenvalue weighted by molar-refractivity contribution is 8.00. The Morgan fingerprint density at radius 2 is 2.36 bits per heavy atom. The quantitative estimate of drug-likeness (QED) is 0.184. The standard InChI is InChI=1S/C15H12ClN5O5S2/c1-2-3-26-20-8(7-5-28-15(17)18-7)11(22)19-9-12(23)21-10(14(24)25)6(16)4-27-13(9)21/h1,5,9,13H,3-4H2,(H2,17,18)(H,19,22)(H,24,25)/t9?,13-/m0/s1. The SMILES string of the molecule is C#CCON=C(C(=O)NC1C(=O)N2C(C(=O)O)=C(Cl)CS[C@@H]12)c1csc(N)n1. The number of amides is 2. The van der Waals surface area contributed by atoms with Crippen LogP contribution in [0.25, 0.3) is 0 Å². The number of carbonyl (C=O) groups excluding carboxylic acids is 2. The molecule has 1 saturated heterocycles. The lowest BCUT2D eigenvalue weighted by molar-refractivity contribution is -0.150. The molecule has 0 bridgehead atoms. The van der Waals surface area contributed by atoms with Crippen LogP contribution in [0.5, 0.6) is 0 Å². The summed E-state index contributed by atoms with van der Waals surface area (Å²) in [6.45, 7) is -0.170. The number of carbonyl (C=O) groups is 3. The molecule has 0 aliphatic carbocycles. The minimum absolute atomic E-state index is 0.0646. The number of aromatic nitrogens is 1. The number of fused-ring (bicyclic) bond motifs is 1. The number of oxime groups is 1. The fraction of sp³-hybridized carbons (Fsp3) is 0.267. The lowest BCUT2D eigenvalue weighted by Crippen LogP contribution is -2.71. The maximum atomic E-state index is 12.7. The topological polar surface area (TPSA) is 147 Å². The summed E-state index contributed by atoms with van der Waals surface area (Å²) in [6.07, 6.45) is 5.09. The van der Waals surface area contributed by atoms with E-state index in [4.69, 9.17) is 28.6 Å². The van der Waals surface area contributed by atoms with Crippen LogP contribution >= 0.6 is 34.7 Å². The highest BCUT2D eigenvalue weighted by atomic mass is 35.5. The molecule has 2 amide bonds. The highest BCUT2D eigenvalue weighted by Crippen LogP contribution is 2.41. The van der Waals surface area contributed by atoms with Crippen molar-refractivity contribution in [1.82, 2.24) is 15.2 Å². The van der Waals surface area contributed by atoms with Crippen LogP contribution in [0.4, 0.5) is 5.13 Å². The molecule has 13 heteroatoms. The molecular weight excluding hydrogens is 430 g/mol. The summed E-state index contributed by atoms with van der Waals surface area (Å²) < 4.78 is 0. The van der Waals surface area contributed by atoms with E-state index in [0.29, 0.717) is 0 Å². The lowest BCUT2D eigenvalue weighted by Gasteiger charge is -2.48. The molecule has 0 radical (unpaired) electrons. The summed E-state index contributed by atoms with van der Waals surface area (Å²) >= 11 is 8.25. The third-order valence-electron chi connectivity index (χ3n) is 3.69. The normalized spacial score (nSPS) is 21.5. The largest absolute Gasteiger partial charge is 0.477 e. The second kappa shape index (κ2) is 8.09. The van der Waals surface area contributed by atoms with Gasteiger partial charge in [0.25, 0.3) is 11.8 Å². The predicted molar refractivity (Wildman–Crippen MR) is 103 cm³/mol. The van der Waals surface area contributed by atoms with Gasteiger partial charge in [-0.1, -0.05) is 22.7 Å². The van der Waals surface area contributed by atoms with Gasteiger partial charge in [0.15, 0.2) is 17.5 Å². The van der Waals surface area contributed by atoms with Crippen molar-refractivity contribution in [3.8, 4) is 12.3 Å². The number of nitrogen functional groups attached to an aromatic ring is 1. The molecule has 10 nitrogen and oxygen atoms in total. The van der Waals surface area contributed by atoms with Gasteiger partial charge in [0.2, 0.25) is 0 Å². The molecule has 1 fully saturated rings. The van der Waals surface area contributed by atoms with Crippen molar-refractivity contribution in [2.24, 2.45) is 5.16 Å². The van der Waals surface area contributed by atoms with Gasteiger partial charge in [0, 0.05) is 11.1 Å². The zero-order valence-corrected chi connectivity index (χ0v) is 16.3. The van der Waals surface area contributed by atoms with E-state index in [1.807, 2.05) is 0 Å². The molecule has 0 aromatic carbocycles. The first-order valence-corrected chi connectivity index (χ1v) is 9.88. The van der Waals surface area contributed by atoms with Crippen LogP contribution in [0.3, 0.4) is 0 Å². The number of carboxylic acid groups (broad SMARTS) is 1. The Balaban J connectivity index is 1.78. The molecule has 146 valence electrons. The first-order valence-electron chi connectivity index (χ1n) is 7.57. The Kier molecular flexibility index (Phi) is 5.78. The van der Waals surface area contributed by atoms with Crippen LogP contribution in [-0.4, -0.2) is 62.3 Å². The van der Waals surface area contributed by atoms with Crippen LogP contribution < -0.4 is 11.1 Å². The Morgan fingerprint density at radius 3 is 2.96 bits per heavy atom. The van der Waals surface area contributed by atoms with E-state index in [1.165, 1.54) is 17.1 Å². The summed E-state index contributed by atoms with van der Waals surface area (Å²) in [6, 6.07) is -0.953. The molecule has 1 unspecified atom stereocenters. The molecular formula is C15H12ClN5O5S2. The number of anilines is 1. The Bertz CT molecular complexity index is 953. The first kappa shape index (κ1) is 20.0. The van der Waals surface area contributed by atoms with Crippen molar-refractivity contribution < 1.29 is 24.3 Å². The second-order valence-electron chi connectivity index (χ2n) is 5.41.